The van der Waals surface area contributed by atoms with Gasteiger partial charge in [-0.25, -0.2) is 4.79 Å². The van der Waals surface area contributed by atoms with Gasteiger partial charge in [0, 0.05) is 22.3 Å². The second-order valence-corrected chi connectivity index (χ2v) is 5.44. The molecule has 118 valence electrons. The fraction of sp³-hybridized carbons (Fsp3) is 0.0588. The van der Waals surface area contributed by atoms with E-state index in [-0.39, 0.29) is 18.0 Å². The molecule has 0 saturated heterocycles. The highest BCUT2D eigenvalue weighted by atomic mass is 35.5. The number of pyridine rings is 1. The molecule has 2 N–H and O–H groups in total. The summed E-state index contributed by atoms with van der Waals surface area (Å²) in [6.07, 6.45) is 1.36. The van der Waals surface area contributed by atoms with Gasteiger partial charge in [-0.1, -0.05) is 23.7 Å². The van der Waals surface area contributed by atoms with E-state index in [0.29, 0.717) is 21.6 Å². The number of halogens is 2. The third kappa shape index (κ3) is 3.55. The van der Waals surface area contributed by atoms with Crippen LogP contribution in [-0.2, 0) is 0 Å². The Morgan fingerprint density at radius 3 is 2.70 bits per heavy atom. The zero-order valence-corrected chi connectivity index (χ0v) is 13.8. The number of carbonyl (C=O) groups is 1. The number of rotatable bonds is 3. The highest BCUT2D eigenvalue weighted by Crippen LogP contribution is 2.31. The summed E-state index contributed by atoms with van der Waals surface area (Å²) in [7, 11) is 0. The maximum atomic E-state index is 11.5. The lowest BCUT2D eigenvalue weighted by Crippen LogP contribution is -2.04. The van der Waals surface area contributed by atoms with Gasteiger partial charge in [0.1, 0.15) is 5.56 Å². The Labute approximate surface area is 144 Å². The Bertz CT molecular complexity index is 882. The predicted octanol–water partition coefficient (Wildman–Crippen LogP) is 5.06. The molecule has 3 aromatic rings. The molecule has 2 aromatic carbocycles. The zero-order chi connectivity index (χ0) is 15.7. The van der Waals surface area contributed by atoms with Crippen LogP contribution < -0.4 is 5.32 Å². The third-order valence-electron chi connectivity index (χ3n) is 3.35. The van der Waals surface area contributed by atoms with E-state index in [0.717, 1.165) is 11.3 Å². The van der Waals surface area contributed by atoms with Gasteiger partial charge < -0.3 is 10.4 Å². The molecular weight excluding hydrogens is 335 g/mol. The van der Waals surface area contributed by atoms with Crippen LogP contribution in [0.3, 0.4) is 0 Å². The van der Waals surface area contributed by atoms with E-state index in [1.807, 2.05) is 31.2 Å². The van der Waals surface area contributed by atoms with Gasteiger partial charge in [-0.15, -0.1) is 12.4 Å². The minimum absolute atomic E-state index is 0. The van der Waals surface area contributed by atoms with Crippen molar-refractivity contribution in [3.63, 3.8) is 0 Å². The number of hydrogen-bond acceptors (Lipinski definition) is 3. The fourth-order valence-corrected chi connectivity index (χ4v) is 2.50. The summed E-state index contributed by atoms with van der Waals surface area (Å²) in [4.78, 5) is 15.7. The molecule has 1 aromatic heterocycles. The second-order valence-electron chi connectivity index (χ2n) is 5.01. The van der Waals surface area contributed by atoms with E-state index in [1.165, 1.54) is 6.20 Å². The molecule has 0 amide bonds. The number of aryl methyl sites for hydroxylation is 1. The third-order valence-corrected chi connectivity index (χ3v) is 3.58. The molecule has 6 heteroatoms. The van der Waals surface area contributed by atoms with Gasteiger partial charge in [0.2, 0.25) is 0 Å². The van der Waals surface area contributed by atoms with Crippen LogP contribution in [0.1, 0.15) is 15.9 Å². The average molecular weight is 349 g/mol. The molecule has 0 atom stereocenters. The SMILES string of the molecule is Cc1cccc(Nc2c(C(=O)O)cnc3ccc(Cl)cc23)c1.Cl. The van der Waals surface area contributed by atoms with Gasteiger partial charge in [-0.2, -0.15) is 0 Å². The zero-order valence-electron chi connectivity index (χ0n) is 12.2. The number of hydrogen-bond donors (Lipinski definition) is 2. The molecule has 0 spiro atoms. The van der Waals surface area contributed by atoms with Crippen molar-refractivity contribution in [2.75, 3.05) is 5.32 Å². The quantitative estimate of drug-likeness (QED) is 0.694. The molecule has 1 heterocycles. The number of aromatic carboxylic acids is 1. The lowest BCUT2D eigenvalue weighted by atomic mass is 10.1. The number of anilines is 2. The van der Waals surface area contributed by atoms with Gasteiger partial charge in [0.05, 0.1) is 11.2 Å². The van der Waals surface area contributed by atoms with Crippen LogP contribution in [0.2, 0.25) is 5.02 Å². The standard InChI is InChI=1S/C17H13ClN2O2.ClH/c1-10-3-2-4-12(7-10)20-16-13-8-11(18)5-6-15(13)19-9-14(16)17(21)22;/h2-9H,1H3,(H,19,20)(H,21,22);1H. The highest BCUT2D eigenvalue weighted by Gasteiger charge is 2.15. The molecule has 0 aliphatic heterocycles. The first-order valence-corrected chi connectivity index (χ1v) is 7.07. The smallest absolute Gasteiger partial charge is 0.339 e. The van der Waals surface area contributed by atoms with E-state index < -0.39 is 5.97 Å². The van der Waals surface area contributed by atoms with Crippen LogP contribution in [0.4, 0.5) is 11.4 Å². The van der Waals surface area contributed by atoms with Crippen molar-refractivity contribution in [3.8, 4) is 0 Å². The van der Waals surface area contributed by atoms with Gasteiger partial charge in [0.25, 0.3) is 0 Å². The monoisotopic (exact) mass is 348 g/mol. The number of fused-ring (bicyclic) bond motifs is 1. The maximum absolute atomic E-state index is 11.5. The minimum atomic E-state index is -1.04. The molecule has 4 nitrogen and oxygen atoms in total. The van der Waals surface area contributed by atoms with E-state index in [1.54, 1.807) is 18.2 Å². The van der Waals surface area contributed by atoms with Crippen LogP contribution in [0, 0.1) is 6.92 Å². The second kappa shape index (κ2) is 6.86. The molecule has 0 aliphatic carbocycles. The van der Waals surface area contributed by atoms with Gasteiger partial charge in [-0.05, 0) is 42.8 Å². The normalized spacial score (nSPS) is 10.2. The predicted molar refractivity (Wildman–Crippen MR) is 95.4 cm³/mol. The number of nitrogens with zero attached hydrogens (tertiary/aromatic N) is 1. The van der Waals surface area contributed by atoms with Gasteiger partial charge >= 0.3 is 5.97 Å². The van der Waals surface area contributed by atoms with E-state index >= 15 is 0 Å². The fourth-order valence-electron chi connectivity index (χ4n) is 2.33. The van der Waals surface area contributed by atoms with Crippen molar-refractivity contribution >= 4 is 52.3 Å². The lowest BCUT2D eigenvalue weighted by Gasteiger charge is -2.13. The number of nitrogens with one attached hydrogen (secondary N) is 1. The van der Waals surface area contributed by atoms with Crippen molar-refractivity contribution in [1.29, 1.82) is 0 Å². The largest absolute Gasteiger partial charge is 0.478 e. The summed E-state index contributed by atoms with van der Waals surface area (Å²) in [6.45, 7) is 1.98. The minimum Gasteiger partial charge on any atom is -0.478 e. The maximum Gasteiger partial charge on any atom is 0.339 e. The number of aromatic nitrogens is 1. The van der Waals surface area contributed by atoms with E-state index in [2.05, 4.69) is 10.3 Å². The van der Waals surface area contributed by atoms with Gasteiger partial charge in [-0.3, -0.25) is 4.98 Å². The highest BCUT2D eigenvalue weighted by molar-refractivity contribution is 6.31. The molecule has 3 rings (SSSR count). The summed E-state index contributed by atoms with van der Waals surface area (Å²) in [5.41, 5.74) is 3.18. The average Bonchev–Trinajstić information content (AvgIpc) is 2.47. The van der Waals surface area contributed by atoms with Crippen LogP contribution >= 0.6 is 24.0 Å². The Hall–Kier alpha value is -2.30. The summed E-state index contributed by atoms with van der Waals surface area (Å²) < 4.78 is 0. The Morgan fingerprint density at radius 1 is 1.22 bits per heavy atom. The Morgan fingerprint density at radius 2 is 2.00 bits per heavy atom. The van der Waals surface area contributed by atoms with Crippen molar-refractivity contribution in [3.05, 3.63) is 64.8 Å². The molecule has 23 heavy (non-hydrogen) atoms. The van der Waals surface area contributed by atoms with E-state index in [9.17, 15) is 9.90 Å². The Kier molecular flexibility index (Phi) is 5.08. The number of carboxylic acids is 1. The first kappa shape index (κ1) is 17.1. The molecule has 0 unspecified atom stereocenters. The van der Waals surface area contributed by atoms with Crippen LogP contribution in [-0.4, -0.2) is 16.1 Å². The van der Waals surface area contributed by atoms with Crippen molar-refractivity contribution < 1.29 is 9.90 Å². The lowest BCUT2D eigenvalue weighted by molar-refractivity contribution is 0.0697. The molecule has 0 aliphatic rings. The number of benzene rings is 2. The van der Waals surface area contributed by atoms with Crippen molar-refractivity contribution in [2.24, 2.45) is 0 Å². The Balaban J connectivity index is 0.00000192. The van der Waals surface area contributed by atoms with Crippen molar-refractivity contribution in [1.82, 2.24) is 4.98 Å². The first-order chi connectivity index (χ1) is 10.5. The molecule has 0 bridgehead atoms. The van der Waals surface area contributed by atoms with Crippen LogP contribution in [0.5, 0.6) is 0 Å². The molecule has 0 saturated carbocycles. The summed E-state index contributed by atoms with van der Waals surface area (Å²) in [6, 6.07) is 12.9. The van der Waals surface area contributed by atoms with E-state index in [4.69, 9.17) is 11.6 Å². The van der Waals surface area contributed by atoms with Crippen molar-refractivity contribution in [2.45, 2.75) is 6.92 Å². The first-order valence-electron chi connectivity index (χ1n) is 6.70. The molecule has 0 radical (unpaired) electrons. The molecule has 0 fully saturated rings. The van der Waals surface area contributed by atoms with Crippen LogP contribution in [0.15, 0.2) is 48.7 Å². The topological polar surface area (TPSA) is 62.2 Å². The summed E-state index contributed by atoms with van der Waals surface area (Å²) in [5.74, 6) is -1.04. The van der Waals surface area contributed by atoms with Crippen LogP contribution in [0.25, 0.3) is 10.9 Å². The summed E-state index contributed by atoms with van der Waals surface area (Å²) in [5, 5.41) is 13.8. The molecular formula is C17H14Cl2N2O2. The number of carboxylic acid groups (broad SMARTS) is 1. The summed E-state index contributed by atoms with van der Waals surface area (Å²) >= 11 is 6.05. The van der Waals surface area contributed by atoms with Gasteiger partial charge in [0.15, 0.2) is 0 Å².